The SMILES string of the molecule is Cc1ccc(S(=O)n2cc(CCC(F)(F)F)c3c(Oc4c(F)cc(NC=O)cc4F)ccnc32)cc1. The molecule has 1 N–H and O–H groups in total. The second kappa shape index (κ2) is 10.1. The van der Waals surface area contributed by atoms with Crippen LogP contribution in [0.25, 0.3) is 11.0 Å². The van der Waals surface area contributed by atoms with Gasteiger partial charge in [0.1, 0.15) is 5.75 Å². The number of benzene rings is 2. The fourth-order valence-electron chi connectivity index (χ4n) is 3.53. The highest BCUT2D eigenvalue weighted by Gasteiger charge is 2.29. The third kappa shape index (κ3) is 5.38. The first-order valence-corrected chi connectivity index (χ1v) is 11.6. The van der Waals surface area contributed by atoms with Crippen molar-refractivity contribution in [3.63, 3.8) is 0 Å². The van der Waals surface area contributed by atoms with Gasteiger partial charge in [-0.25, -0.2) is 21.9 Å². The number of carbonyl (C=O) groups is 1. The number of nitrogens with zero attached hydrogens (tertiary/aromatic N) is 2. The Labute approximate surface area is 204 Å². The second-order valence-electron chi connectivity index (χ2n) is 7.80. The smallest absolute Gasteiger partial charge is 0.389 e. The predicted octanol–water partition coefficient (Wildman–Crippen LogP) is 6.05. The number of alkyl halides is 3. The predicted molar refractivity (Wildman–Crippen MR) is 123 cm³/mol. The Morgan fingerprint density at radius 3 is 2.39 bits per heavy atom. The summed E-state index contributed by atoms with van der Waals surface area (Å²) in [5.41, 5.74) is 0.874. The molecule has 4 rings (SSSR count). The van der Waals surface area contributed by atoms with Crippen molar-refractivity contribution in [3.8, 4) is 11.5 Å². The average Bonchev–Trinajstić information content (AvgIpc) is 3.19. The maximum atomic E-state index is 14.6. The number of rotatable bonds is 8. The molecular weight excluding hydrogens is 505 g/mol. The summed E-state index contributed by atoms with van der Waals surface area (Å²) in [5.74, 6) is -3.30. The number of aryl methyl sites for hydroxylation is 2. The van der Waals surface area contributed by atoms with Crippen molar-refractivity contribution in [2.24, 2.45) is 0 Å². The Balaban J connectivity index is 1.83. The lowest BCUT2D eigenvalue weighted by Gasteiger charge is -2.12. The van der Waals surface area contributed by atoms with Crippen LogP contribution in [0.3, 0.4) is 0 Å². The fourth-order valence-corrected chi connectivity index (χ4v) is 4.65. The van der Waals surface area contributed by atoms with Gasteiger partial charge in [0.05, 0.1) is 10.3 Å². The van der Waals surface area contributed by atoms with Gasteiger partial charge in [0.25, 0.3) is 0 Å². The first-order chi connectivity index (χ1) is 17.1. The first kappa shape index (κ1) is 25.3. The lowest BCUT2D eigenvalue weighted by molar-refractivity contribution is -0.133. The van der Waals surface area contributed by atoms with E-state index in [1.54, 1.807) is 24.3 Å². The van der Waals surface area contributed by atoms with Crippen molar-refractivity contribution in [1.29, 1.82) is 0 Å². The molecule has 1 atom stereocenters. The maximum absolute atomic E-state index is 14.6. The molecule has 188 valence electrons. The Morgan fingerprint density at radius 2 is 1.78 bits per heavy atom. The van der Waals surface area contributed by atoms with Gasteiger partial charge in [0.15, 0.2) is 34.0 Å². The van der Waals surface area contributed by atoms with E-state index >= 15 is 0 Å². The third-order valence-corrected chi connectivity index (χ3v) is 6.52. The van der Waals surface area contributed by atoms with Gasteiger partial charge in [-0.3, -0.25) is 4.79 Å². The molecule has 0 aliphatic carbocycles. The summed E-state index contributed by atoms with van der Waals surface area (Å²) in [6, 6.07) is 9.61. The van der Waals surface area contributed by atoms with E-state index in [1.807, 2.05) is 6.92 Å². The van der Waals surface area contributed by atoms with Crippen LogP contribution >= 0.6 is 0 Å². The van der Waals surface area contributed by atoms with Crippen LogP contribution in [-0.2, 0) is 22.2 Å². The highest BCUT2D eigenvalue weighted by atomic mass is 32.2. The van der Waals surface area contributed by atoms with Crippen LogP contribution in [0.2, 0.25) is 0 Å². The summed E-state index contributed by atoms with van der Waals surface area (Å²) < 4.78 is 88.2. The van der Waals surface area contributed by atoms with E-state index in [0.29, 0.717) is 4.90 Å². The number of halogens is 5. The molecule has 0 fully saturated rings. The van der Waals surface area contributed by atoms with Gasteiger partial charge in [-0.1, -0.05) is 17.7 Å². The summed E-state index contributed by atoms with van der Waals surface area (Å²) in [6.45, 7) is 1.85. The van der Waals surface area contributed by atoms with Crippen molar-refractivity contribution < 1.29 is 35.7 Å². The lowest BCUT2D eigenvalue weighted by atomic mass is 10.1. The number of hydrogen-bond donors (Lipinski definition) is 1. The van der Waals surface area contributed by atoms with Crippen LogP contribution < -0.4 is 10.1 Å². The van der Waals surface area contributed by atoms with Gasteiger partial charge >= 0.3 is 6.18 Å². The first-order valence-electron chi connectivity index (χ1n) is 10.5. The summed E-state index contributed by atoms with van der Waals surface area (Å²) in [7, 11) is -1.87. The molecule has 0 saturated heterocycles. The minimum Gasteiger partial charge on any atom is -0.450 e. The molecule has 0 bridgehead atoms. The Hall–Kier alpha value is -3.80. The molecule has 0 aliphatic rings. The summed E-state index contributed by atoms with van der Waals surface area (Å²) in [4.78, 5) is 15.1. The van der Waals surface area contributed by atoms with Crippen LogP contribution in [-0.4, -0.2) is 25.8 Å². The molecule has 2 heterocycles. The van der Waals surface area contributed by atoms with E-state index < -0.39 is 47.4 Å². The largest absolute Gasteiger partial charge is 0.450 e. The Bertz CT molecular complexity index is 1430. The Kier molecular flexibility index (Phi) is 7.07. The second-order valence-corrected chi connectivity index (χ2v) is 9.16. The number of aromatic nitrogens is 2. The molecule has 2 aromatic heterocycles. The van der Waals surface area contributed by atoms with Crippen LogP contribution in [0.1, 0.15) is 17.5 Å². The molecule has 0 radical (unpaired) electrons. The van der Waals surface area contributed by atoms with Crippen LogP contribution in [0.5, 0.6) is 11.5 Å². The van der Waals surface area contributed by atoms with Gasteiger partial charge < -0.3 is 10.1 Å². The van der Waals surface area contributed by atoms with Crippen LogP contribution in [0.4, 0.5) is 27.6 Å². The van der Waals surface area contributed by atoms with E-state index in [9.17, 15) is 31.0 Å². The van der Waals surface area contributed by atoms with Gasteiger partial charge in [-0.2, -0.15) is 13.2 Å². The molecule has 0 saturated carbocycles. The summed E-state index contributed by atoms with van der Waals surface area (Å²) in [5, 5.41) is 2.15. The minimum absolute atomic E-state index is 0.0173. The van der Waals surface area contributed by atoms with Gasteiger partial charge in [0, 0.05) is 36.6 Å². The number of pyridine rings is 1. The number of hydrogen-bond acceptors (Lipinski definition) is 4. The monoisotopic (exact) mass is 523 g/mol. The molecule has 1 amide bonds. The van der Waals surface area contributed by atoms with Gasteiger partial charge in [0.2, 0.25) is 6.41 Å². The molecule has 4 aromatic rings. The van der Waals surface area contributed by atoms with Crippen molar-refractivity contribution in [2.45, 2.75) is 30.8 Å². The lowest BCUT2D eigenvalue weighted by Crippen LogP contribution is -2.08. The van der Waals surface area contributed by atoms with Crippen LogP contribution in [0.15, 0.2) is 59.8 Å². The zero-order chi connectivity index (χ0) is 26.0. The van der Waals surface area contributed by atoms with Crippen molar-refractivity contribution >= 4 is 34.1 Å². The normalized spacial score (nSPS) is 12.5. The number of carbonyl (C=O) groups excluding carboxylic acids is 1. The topological polar surface area (TPSA) is 73.2 Å². The van der Waals surface area contributed by atoms with Crippen LogP contribution in [0, 0.1) is 18.6 Å². The molecular formula is C24H18F5N3O3S. The molecule has 1 unspecified atom stereocenters. The van der Waals surface area contributed by atoms with Crippen molar-refractivity contribution in [2.75, 3.05) is 5.32 Å². The number of ether oxygens (including phenoxy) is 1. The molecule has 12 heteroatoms. The quantitative estimate of drug-likeness (QED) is 0.226. The highest BCUT2D eigenvalue weighted by Crippen LogP contribution is 2.37. The highest BCUT2D eigenvalue weighted by molar-refractivity contribution is 7.83. The molecule has 0 spiro atoms. The van der Waals surface area contributed by atoms with E-state index in [-0.39, 0.29) is 34.4 Å². The van der Waals surface area contributed by atoms with Gasteiger partial charge in [-0.15, -0.1) is 0 Å². The zero-order valence-electron chi connectivity index (χ0n) is 18.6. The van der Waals surface area contributed by atoms with Gasteiger partial charge in [-0.05, 0) is 37.1 Å². The van der Waals surface area contributed by atoms with E-state index in [1.165, 1.54) is 22.4 Å². The van der Waals surface area contributed by atoms with E-state index in [0.717, 1.165) is 17.7 Å². The third-order valence-electron chi connectivity index (χ3n) is 5.21. The number of amides is 1. The molecule has 6 nitrogen and oxygen atoms in total. The summed E-state index contributed by atoms with van der Waals surface area (Å²) >= 11 is 0. The van der Waals surface area contributed by atoms with E-state index in [4.69, 9.17) is 4.74 Å². The average molecular weight is 523 g/mol. The number of fused-ring (bicyclic) bond motifs is 1. The van der Waals surface area contributed by atoms with E-state index in [2.05, 4.69) is 10.3 Å². The van der Waals surface area contributed by atoms with Crippen molar-refractivity contribution in [3.05, 3.63) is 77.6 Å². The molecule has 36 heavy (non-hydrogen) atoms. The number of nitrogens with one attached hydrogen (secondary N) is 1. The fraction of sp³-hybridized carbons (Fsp3) is 0.167. The zero-order valence-corrected chi connectivity index (χ0v) is 19.4. The molecule has 0 aliphatic heterocycles. The molecule has 2 aromatic carbocycles. The maximum Gasteiger partial charge on any atom is 0.389 e. The number of anilines is 1. The Morgan fingerprint density at radius 1 is 1.11 bits per heavy atom. The summed E-state index contributed by atoms with van der Waals surface area (Å²) in [6.07, 6.45) is -3.43. The van der Waals surface area contributed by atoms with Crippen molar-refractivity contribution in [1.82, 2.24) is 8.96 Å². The minimum atomic E-state index is -4.48. The standard InChI is InChI=1S/C24H18F5N3O3S/c1-14-2-4-17(5-3-14)36(34)32-12-15(6-8-24(27,28)29)21-20(7-9-30-23(21)32)35-22-18(25)10-16(31-13-33)11-19(22)26/h2-5,7,9-13H,6,8H2,1H3,(H,31,33).